The van der Waals surface area contributed by atoms with E-state index in [0.717, 1.165) is 5.69 Å². The molecule has 0 unspecified atom stereocenters. The van der Waals surface area contributed by atoms with Gasteiger partial charge < -0.3 is 19.5 Å². The molecule has 0 bridgehead atoms. The number of methoxy groups -OCH3 is 3. The molecule has 7 heteroatoms. The monoisotopic (exact) mass is 381 g/mol. The number of ether oxygens (including phenoxy) is 3. The van der Waals surface area contributed by atoms with Crippen molar-refractivity contribution >= 4 is 5.91 Å². The number of rotatable bonds is 8. The van der Waals surface area contributed by atoms with Crippen molar-refractivity contribution in [1.29, 1.82) is 0 Å². The Bertz CT molecular complexity index is 938. The van der Waals surface area contributed by atoms with E-state index >= 15 is 0 Å². The smallest absolute Gasteiger partial charge is 0.255 e. The highest BCUT2D eigenvalue weighted by Crippen LogP contribution is 2.34. The first-order chi connectivity index (χ1) is 13.7. The van der Waals surface area contributed by atoms with Crippen LogP contribution in [-0.2, 0) is 4.74 Å². The van der Waals surface area contributed by atoms with Crippen LogP contribution in [0, 0.1) is 0 Å². The van der Waals surface area contributed by atoms with Crippen LogP contribution in [-0.4, -0.2) is 50.2 Å². The van der Waals surface area contributed by atoms with E-state index in [2.05, 4.69) is 10.4 Å². The summed E-state index contributed by atoms with van der Waals surface area (Å²) in [5.41, 5.74) is 2.53. The number of nitrogens with one attached hydrogen (secondary N) is 1. The fraction of sp³-hybridized carbons (Fsp3) is 0.238. The minimum Gasteiger partial charge on any atom is -0.497 e. The number of carbonyl (C=O) groups excluding carboxylic acids is 1. The molecule has 1 N–H and O–H groups in total. The maximum atomic E-state index is 12.8. The van der Waals surface area contributed by atoms with Crippen molar-refractivity contribution in [1.82, 2.24) is 15.1 Å². The highest BCUT2D eigenvalue weighted by Gasteiger charge is 2.21. The second kappa shape index (κ2) is 9.05. The molecule has 28 heavy (non-hydrogen) atoms. The van der Waals surface area contributed by atoms with Gasteiger partial charge in [-0.1, -0.05) is 18.2 Å². The van der Waals surface area contributed by atoms with Crippen LogP contribution in [0.1, 0.15) is 10.4 Å². The highest BCUT2D eigenvalue weighted by molar-refractivity contribution is 6.00. The normalized spacial score (nSPS) is 10.5. The molecule has 7 nitrogen and oxygen atoms in total. The van der Waals surface area contributed by atoms with Gasteiger partial charge in [0.15, 0.2) is 0 Å². The Hall–Kier alpha value is -3.32. The number of amides is 1. The van der Waals surface area contributed by atoms with Crippen LogP contribution in [0.3, 0.4) is 0 Å². The number of hydrogen-bond acceptors (Lipinski definition) is 5. The standard InChI is InChI=1S/C21H23N3O4/c1-26-12-11-22-21(25)18-14-24(15-7-5-4-6-8-15)23-20(18)17-10-9-16(27-2)13-19(17)28-3/h4-10,13-14H,11-12H2,1-3H3,(H,22,25). The number of hydrogen-bond donors (Lipinski definition) is 1. The number of aromatic nitrogens is 2. The second-order valence-corrected chi connectivity index (χ2v) is 5.99. The number of carbonyl (C=O) groups is 1. The fourth-order valence-corrected chi connectivity index (χ4v) is 2.81. The Morgan fingerprint density at radius 3 is 2.54 bits per heavy atom. The van der Waals surface area contributed by atoms with Gasteiger partial charge >= 0.3 is 0 Å². The van der Waals surface area contributed by atoms with Gasteiger partial charge in [0.2, 0.25) is 0 Å². The lowest BCUT2D eigenvalue weighted by molar-refractivity contribution is 0.0937. The molecule has 3 aromatic rings. The Morgan fingerprint density at radius 1 is 1.07 bits per heavy atom. The second-order valence-electron chi connectivity index (χ2n) is 5.99. The minimum absolute atomic E-state index is 0.230. The van der Waals surface area contributed by atoms with E-state index in [-0.39, 0.29) is 5.91 Å². The van der Waals surface area contributed by atoms with Crippen LogP contribution in [0.2, 0.25) is 0 Å². The summed E-state index contributed by atoms with van der Waals surface area (Å²) in [6.07, 6.45) is 1.72. The summed E-state index contributed by atoms with van der Waals surface area (Å²) in [5.74, 6) is 1.00. The Balaban J connectivity index is 2.08. The van der Waals surface area contributed by atoms with Gasteiger partial charge in [-0.25, -0.2) is 4.68 Å². The largest absolute Gasteiger partial charge is 0.497 e. The molecule has 1 amide bonds. The molecule has 0 aliphatic heterocycles. The zero-order valence-corrected chi connectivity index (χ0v) is 16.1. The molecule has 0 aliphatic carbocycles. The van der Waals surface area contributed by atoms with Crippen LogP contribution in [0.25, 0.3) is 16.9 Å². The number of nitrogens with zero attached hydrogens (tertiary/aromatic N) is 2. The molecule has 2 aromatic carbocycles. The Labute approximate surface area is 163 Å². The average Bonchev–Trinajstić information content (AvgIpc) is 3.19. The lowest BCUT2D eigenvalue weighted by Crippen LogP contribution is -2.27. The van der Waals surface area contributed by atoms with Crippen LogP contribution < -0.4 is 14.8 Å². The summed E-state index contributed by atoms with van der Waals surface area (Å²) < 4.78 is 17.5. The average molecular weight is 381 g/mol. The van der Waals surface area contributed by atoms with Crippen molar-refractivity contribution < 1.29 is 19.0 Å². The highest BCUT2D eigenvalue weighted by atomic mass is 16.5. The van der Waals surface area contributed by atoms with Crippen molar-refractivity contribution in [3.63, 3.8) is 0 Å². The third kappa shape index (κ3) is 4.15. The lowest BCUT2D eigenvalue weighted by Gasteiger charge is -2.10. The van der Waals surface area contributed by atoms with Gasteiger partial charge in [-0.05, 0) is 24.3 Å². The van der Waals surface area contributed by atoms with Gasteiger partial charge in [-0.2, -0.15) is 5.10 Å². The van der Waals surface area contributed by atoms with E-state index in [1.165, 1.54) is 0 Å². The summed E-state index contributed by atoms with van der Waals surface area (Å²) in [6, 6.07) is 15.0. The van der Waals surface area contributed by atoms with Gasteiger partial charge in [-0.3, -0.25) is 4.79 Å². The topological polar surface area (TPSA) is 74.6 Å². The van der Waals surface area contributed by atoms with E-state index in [1.54, 1.807) is 38.3 Å². The molecule has 0 spiro atoms. The molecule has 0 aliphatic rings. The van der Waals surface area contributed by atoms with Gasteiger partial charge in [0, 0.05) is 31.5 Å². The molecule has 0 saturated carbocycles. The van der Waals surface area contributed by atoms with E-state index in [1.807, 2.05) is 42.5 Å². The SMILES string of the molecule is COCCNC(=O)c1cn(-c2ccccc2)nc1-c1ccc(OC)cc1OC. The third-order valence-corrected chi connectivity index (χ3v) is 4.24. The first-order valence-electron chi connectivity index (χ1n) is 8.82. The first-order valence-corrected chi connectivity index (χ1v) is 8.82. The number of benzene rings is 2. The number of para-hydroxylation sites is 1. The maximum Gasteiger partial charge on any atom is 0.255 e. The zero-order chi connectivity index (χ0) is 19.9. The van der Waals surface area contributed by atoms with E-state index in [4.69, 9.17) is 14.2 Å². The van der Waals surface area contributed by atoms with Crippen molar-refractivity contribution in [3.05, 3.63) is 60.3 Å². The molecule has 1 heterocycles. The molecule has 0 atom stereocenters. The summed E-state index contributed by atoms with van der Waals surface area (Å²) in [7, 11) is 4.76. The molecule has 0 saturated heterocycles. The summed E-state index contributed by atoms with van der Waals surface area (Å²) >= 11 is 0. The van der Waals surface area contributed by atoms with Crippen LogP contribution in [0.15, 0.2) is 54.7 Å². The van der Waals surface area contributed by atoms with E-state index in [0.29, 0.717) is 41.5 Å². The first kappa shape index (κ1) is 19.4. The van der Waals surface area contributed by atoms with Crippen LogP contribution >= 0.6 is 0 Å². The summed E-state index contributed by atoms with van der Waals surface area (Å²) in [5, 5.41) is 7.52. The van der Waals surface area contributed by atoms with Crippen molar-refractivity contribution in [2.45, 2.75) is 0 Å². The van der Waals surface area contributed by atoms with Gasteiger partial charge in [0.1, 0.15) is 17.2 Å². The third-order valence-electron chi connectivity index (χ3n) is 4.24. The minimum atomic E-state index is -0.230. The lowest BCUT2D eigenvalue weighted by atomic mass is 10.1. The predicted octanol–water partition coefficient (Wildman–Crippen LogP) is 2.93. The maximum absolute atomic E-state index is 12.8. The van der Waals surface area contributed by atoms with Crippen molar-refractivity contribution in [3.8, 4) is 28.4 Å². The Morgan fingerprint density at radius 2 is 1.86 bits per heavy atom. The summed E-state index contributed by atoms with van der Waals surface area (Å²) in [6.45, 7) is 0.838. The predicted molar refractivity (Wildman–Crippen MR) is 106 cm³/mol. The van der Waals surface area contributed by atoms with Gasteiger partial charge in [0.05, 0.1) is 32.1 Å². The summed E-state index contributed by atoms with van der Waals surface area (Å²) in [4.78, 5) is 12.8. The van der Waals surface area contributed by atoms with Crippen LogP contribution in [0.4, 0.5) is 0 Å². The molecule has 1 aromatic heterocycles. The molecule has 146 valence electrons. The fourth-order valence-electron chi connectivity index (χ4n) is 2.81. The quantitative estimate of drug-likeness (QED) is 0.607. The molecule has 3 rings (SSSR count). The van der Waals surface area contributed by atoms with Gasteiger partial charge in [-0.15, -0.1) is 0 Å². The Kier molecular flexibility index (Phi) is 6.29. The zero-order valence-electron chi connectivity index (χ0n) is 16.1. The van der Waals surface area contributed by atoms with E-state index in [9.17, 15) is 4.79 Å². The molecule has 0 radical (unpaired) electrons. The van der Waals surface area contributed by atoms with Crippen molar-refractivity contribution in [2.75, 3.05) is 34.5 Å². The van der Waals surface area contributed by atoms with Gasteiger partial charge in [0.25, 0.3) is 5.91 Å². The van der Waals surface area contributed by atoms with Crippen LogP contribution in [0.5, 0.6) is 11.5 Å². The van der Waals surface area contributed by atoms with E-state index < -0.39 is 0 Å². The molecular weight excluding hydrogens is 358 g/mol. The van der Waals surface area contributed by atoms with Crippen molar-refractivity contribution in [2.24, 2.45) is 0 Å². The molecule has 0 fully saturated rings. The molecular formula is C21H23N3O4.